The van der Waals surface area contributed by atoms with E-state index in [2.05, 4.69) is 5.10 Å². The first-order valence-corrected chi connectivity index (χ1v) is 8.72. The van der Waals surface area contributed by atoms with Crippen LogP contribution in [0.3, 0.4) is 0 Å². The normalized spacial score (nSPS) is 10.9. The third kappa shape index (κ3) is 3.47. The van der Waals surface area contributed by atoms with Gasteiger partial charge in [-0.3, -0.25) is 0 Å². The van der Waals surface area contributed by atoms with Gasteiger partial charge in [0.1, 0.15) is 11.5 Å². The summed E-state index contributed by atoms with van der Waals surface area (Å²) in [6.45, 7) is 0. The van der Waals surface area contributed by atoms with Crippen LogP contribution in [-0.4, -0.2) is 20.9 Å². The molecule has 0 fully saturated rings. The first-order valence-electron chi connectivity index (χ1n) is 7.96. The molecule has 0 aliphatic heterocycles. The van der Waals surface area contributed by atoms with Gasteiger partial charge in [-0.05, 0) is 60.7 Å². The van der Waals surface area contributed by atoms with E-state index < -0.39 is 5.97 Å². The van der Waals surface area contributed by atoms with Gasteiger partial charge in [0.05, 0.1) is 21.3 Å². The first kappa shape index (κ1) is 17.4. The largest absolute Gasteiger partial charge is 0.478 e. The molecule has 0 radical (unpaired) electrons. The van der Waals surface area contributed by atoms with E-state index in [0.29, 0.717) is 27.3 Å². The number of hydrogen-bond acceptors (Lipinski definition) is 3. The van der Waals surface area contributed by atoms with Gasteiger partial charge in [0.15, 0.2) is 5.76 Å². The minimum Gasteiger partial charge on any atom is -0.478 e. The molecule has 1 N–H and O–H groups in total. The zero-order valence-electron chi connectivity index (χ0n) is 13.8. The van der Waals surface area contributed by atoms with Crippen LogP contribution >= 0.6 is 23.2 Å². The van der Waals surface area contributed by atoms with Crippen molar-refractivity contribution in [3.63, 3.8) is 0 Å². The van der Waals surface area contributed by atoms with Gasteiger partial charge in [-0.2, -0.15) is 5.10 Å². The summed E-state index contributed by atoms with van der Waals surface area (Å²) in [5, 5.41) is 14.4. The molecule has 0 amide bonds. The Kier molecular flexibility index (Phi) is 4.48. The van der Waals surface area contributed by atoms with E-state index >= 15 is 0 Å². The molecule has 0 aliphatic carbocycles. The monoisotopic (exact) mass is 398 g/mol. The molecule has 2 heterocycles. The number of carbonyl (C=O) groups is 1. The highest BCUT2D eigenvalue weighted by molar-refractivity contribution is 6.42. The smallest absolute Gasteiger partial charge is 0.335 e. The van der Waals surface area contributed by atoms with E-state index in [4.69, 9.17) is 32.7 Å². The average molecular weight is 399 g/mol. The van der Waals surface area contributed by atoms with Crippen molar-refractivity contribution in [2.45, 2.75) is 0 Å². The molecular formula is C20H12Cl2N2O3. The number of furan rings is 1. The van der Waals surface area contributed by atoms with E-state index in [9.17, 15) is 4.79 Å². The second-order valence-electron chi connectivity index (χ2n) is 5.79. The number of halogens is 2. The fourth-order valence-corrected chi connectivity index (χ4v) is 2.93. The van der Waals surface area contributed by atoms with Gasteiger partial charge >= 0.3 is 5.97 Å². The maximum Gasteiger partial charge on any atom is 0.335 e. The lowest BCUT2D eigenvalue weighted by Crippen LogP contribution is -1.98. The van der Waals surface area contributed by atoms with Crippen LogP contribution in [0.5, 0.6) is 0 Å². The molecule has 4 aromatic rings. The summed E-state index contributed by atoms with van der Waals surface area (Å²) in [6, 6.07) is 17.3. The average Bonchev–Trinajstić information content (AvgIpc) is 3.33. The molecule has 134 valence electrons. The zero-order chi connectivity index (χ0) is 19.0. The Morgan fingerprint density at radius 2 is 1.67 bits per heavy atom. The van der Waals surface area contributed by atoms with Gasteiger partial charge in [0.2, 0.25) is 0 Å². The molecule has 0 atom stereocenters. The number of carboxylic acid groups (broad SMARTS) is 1. The van der Waals surface area contributed by atoms with E-state index in [1.807, 2.05) is 24.3 Å². The Balaban J connectivity index is 1.61. The second-order valence-corrected chi connectivity index (χ2v) is 6.60. The van der Waals surface area contributed by atoms with Crippen LogP contribution < -0.4 is 0 Å². The van der Waals surface area contributed by atoms with Gasteiger partial charge in [0, 0.05) is 11.8 Å². The number of benzene rings is 2. The third-order valence-corrected chi connectivity index (χ3v) is 4.77. The zero-order valence-corrected chi connectivity index (χ0v) is 15.3. The van der Waals surface area contributed by atoms with Crippen LogP contribution in [-0.2, 0) is 0 Å². The Labute approximate surface area is 164 Å². The summed E-state index contributed by atoms with van der Waals surface area (Å²) >= 11 is 12.0. The number of aromatic nitrogens is 2. The minimum absolute atomic E-state index is 0.225. The summed E-state index contributed by atoms with van der Waals surface area (Å²) in [4.78, 5) is 10.9. The van der Waals surface area contributed by atoms with Crippen LogP contribution in [0.2, 0.25) is 10.0 Å². The van der Waals surface area contributed by atoms with Crippen LogP contribution in [0.4, 0.5) is 0 Å². The summed E-state index contributed by atoms with van der Waals surface area (Å²) in [5.41, 5.74) is 2.45. The lowest BCUT2D eigenvalue weighted by molar-refractivity contribution is 0.0697. The van der Waals surface area contributed by atoms with E-state index in [1.165, 1.54) is 12.1 Å². The first-order chi connectivity index (χ1) is 13.0. The highest BCUT2D eigenvalue weighted by Gasteiger charge is 2.11. The van der Waals surface area contributed by atoms with Crippen molar-refractivity contribution in [1.29, 1.82) is 0 Å². The predicted octanol–water partition coefficient (Wildman–Crippen LogP) is 5.80. The lowest BCUT2D eigenvalue weighted by Gasteiger charge is -2.01. The maximum absolute atomic E-state index is 10.9. The lowest BCUT2D eigenvalue weighted by atomic mass is 10.2. The number of carboxylic acids is 1. The van der Waals surface area contributed by atoms with Crippen molar-refractivity contribution in [2.24, 2.45) is 0 Å². The van der Waals surface area contributed by atoms with Crippen LogP contribution in [0.1, 0.15) is 10.4 Å². The molecule has 27 heavy (non-hydrogen) atoms. The van der Waals surface area contributed by atoms with E-state index in [-0.39, 0.29) is 5.56 Å². The molecule has 0 saturated carbocycles. The van der Waals surface area contributed by atoms with Crippen molar-refractivity contribution in [1.82, 2.24) is 9.78 Å². The fraction of sp³-hybridized carbons (Fsp3) is 0. The van der Waals surface area contributed by atoms with E-state index in [1.54, 1.807) is 35.1 Å². The van der Waals surface area contributed by atoms with Crippen molar-refractivity contribution >= 4 is 29.2 Å². The minimum atomic E-state index is -0.965. The molecule has 4 rings (SSSR count). The van der Waals surface area contributed by atoms with Gasteiger partial charge in [-0.25, -0.2) is 9.48 Å². The molecule has 2 aromatic heterocycles. The molecule has 0 bridgehead atoms. The maximum atomic E-state index is 10.9. The number of aromatic carboxylic acids is 1. The summed E-state index contributed by atoms with van der Waals surface area (Å²) in [5.74, 6) is 0.300. The Morgan fingerprint density at radius 3 is 2.37 bits per heavy atom. The molecule has 0 aliphatic rings. The number of rotatable bonds is 4. The van der Waals surface area contributed by atoms with Crippen molar-refractivity contribution in [2.75, 3.05) is 0 Å². The van der Waals surface area contributed by atoms with Crippen molar-refractivity contribution in [3.05, 3.63) is 82.5 Å². The summed E-state index contributed by atoms with van der Waals surface area (Å²) in [6.07, 6.45) is 1.78. The van der Waals surface area contributed by atoms with Crippen LogP contribution in [0.25, 0.3) is 28.5 Å². The SMILES string of the molecule is O=C(O)c1ccc(-n2ccc(-c3ccc(-c4ccc(Cl)c(Cl)c4)o3)n2)cc1. The molecule has 0 unspecified atom stereocenters. The molecule has 7 heteroatoms. The molecule has 0 spiro atoms. The molecule has 5 nitrogen and oxygen atoms in total. The van der Waals surface area contributed by atoms with Crippen molar-refractivity contribution < 1.29 is 14.3 Å². The van der Waals surface area contributed by atoms with Gasteiger partial charge in [0.25, 0.3) is 0 Å². The highest BCUT2D eigenvalue weighted by atomic mass is 35.5. The number of nitrogens with zero attached hydrogens (tertiary/aromatic N) is 2. The topological polar surface area (TPSA) is 68.3 Å². The van der Waals surface area contributed by atoms with Crippen LogP contribution in [0.15, 0.2) is 71.3 Å². The van der Waals surface area contributed by atoms with Gasteiger partial charge in [-0.1, -0.05) is 23.2 Å². The predicted molar refractivity (Wildman–Crippen MR) is 104 cm³/mol. The standard InChI is InChI=1S/C20H12Cl2N2O3/c21-15-6-3-13(11-16(15)22)18-7-8-19(27-18)17-9-10-24(23-17)14-4-1-12(2-5-14)20(25)26/h1-11H,(H,25,26). The quantitative estimate of drug-likeness (QED) is 0.471. The Hall–Kier alpha value is -3.02. The Bertz CT molecular complexity index is 1130. The van der Waals surface area contributed by atoms with Gasteiger partial charge in [-0.15, -0.1) is 0 Å². The number of hydrogen-bond donors (Lipinski definition) is 1. The van der Waals surface area contributed by atoms with Crippen molar-refractivity contribution in [3.8, 4) is 28.5 Å². The fourth-order valence-electron chi connectivity index (χ4n) is 2.64. The second kappa shape index (κ2) is 6.95. The summed E-state index contributed by atoms with van der Waals surface area (Å²) < 4.78 is 7.55. The van der Waals surface area contributed by atoms with Gasteiger partial charge < -0.3 is 9.52 Å². The molecule has 2 aromatic carbocycles. The third-order valence-electron chi connectivity index (χ3n) is 4.03. The molecular weight excluding hydrogens is 387 g/mol. The van der Waals surface area contributed by atoms with E-state index in [0.717, 1.165) is 11.3 Å². The highest BCUT2D eigenvalue weighted by Crippen LogP contribution is 2.32. The van der Waals surface area contributed by atoms with Crippen LogP contribution in [0, 0.1) is 0 Å². The summed E-state index contributed by atoms with van der Waals surface area (Å²) in [7, 11) is 0. The molecule has 0 saturated heterocycles. The Morgan fingerprint density at radius 1 is 0.926 bits per heavy atom.